The summed E-state index contributed by atoms with van der Waals surface area (Å²) in [6, 6.07) is 6.11. The van der Waals surface area contributed by atoms with Gasteiger partial charge < -0.3 is 15.4 Å². The molecule has 1 aromatic carbocycles. The number of ether oxygens (including phenoxy) is 1. The predicted molar refractivity (Wildman–Crippen MR) is 106 cm³/mol. The second kappa shape index (κ2) is 7.47. The Morgan fingerprint density at radius 1 is 1.29 bits per heavy atom. The summed E-state index contributed by atoms with van der Waals surface area (Å²) in [4.78, 5) is 19.7. The van der Waals surface area contributed by atoms with E-state index in [0.29, 0.717) is 24.1 Å². The maximum atomic E-state index is 11.1. The van der Waals surface area contributed by atoms with Gasteiger partial charge in [-0.05, 0) is 37.1 Å². The van der Waals surface area contributed by atoms with Gasteiger partial charge in [0.05, 0.1) is 36.2 Å². The number of carbonyl (C=O) groups is 1. The zero-order valence-corrected chi connectivity index (χ0v) is 16.2. The maximum absolute atomic E-state index is 11.1. The lowest BCUT2D eigenvalue weighted by Crippen LogP contribution is -2.20. The van der Waals surface area contributed by atoms with Gasteiger partial charge in [-0.2, -0.15) is 5.10 Å². The largest absolute Gasteiger partial charge is 0.442 e. The molecule has 1 aliphatic rings. The van der Waals surface area contributed by atoms with Crippen LogP contribution in [0.4, 0.5) is 16.4 Å². The lowest BCUT2D eigenvalue weighted by atomic mass is 10.1. The van der Waals surface area contributed by atoms with Gasteiger partial charge in [0.25, 0.3) is 0 Å². The first-order valence-corrected chi connectivity index (χ1v) is 9.19. The number of aryl methyl sites for hydroxylation is 2. The second-order valence-electron chi connectivity index (χ2n) is 6.70. The molecule has 1 fully saturated rings. The van der Waals surface area contributed by atoms with Crippen molar-refractivity contribution in [3.05, 3.63) is 53.1 Å². The number of nitrogens with one attached hydrogen (secondary N) is 2. The third-order valence-corrected chi connectivity index (χ3v) is 4.73. The smallest absolute Gasteiger partial charge is 0.407 e. The zero-order valence-electron chi connectivity index (χ0n) is 15.4. The third kappa shape index (κ3) is 4.07. The van der Waals surface area contributed by atoms with Gasteiger partial charge in [0, 0.05) is 17.4 Å². The van der Waals surface area contributed by atoms with Crippen LogP contribution < -0.4 is 10.6 Å². The summed E-state index contributed by atoms with van der Waals surface area (Å²) >= 11 is 5.99. The molecular formula is C19H19ClN6O2. The molecule has 144 valence electrons. The highest BCUT2D eigenvalue weighted by atomic mass is 35.5. The normalized spacial score (nSPS) is 16.0. The van der Waals surface area contributed by atoms with Crippen LogP contribution in [0.5, 0.6) is 0 Å². The van der Waals surface area contributed by atoms with Crippen LogP contribution in [0.15, 0.2) is 36.8 Å². The van der Waals surface area contributed by atoms with E-state index in [0.717, 1.165) is 28.1 Å². The third-order valence-electron chi connectivity index (χ3n) is 4.36. The predicted octanol–water partition coefficient (Wildman–Crippen LogP) is 3.46. The standard InChI is InChI=1S/C19H19ClN6O2/c1-11-3-13(5-15(4-11)25-18-21-8-17(20)12(2)24-18)14-6-23-26(9-14)10-16-7-22-19(27)28-16/h3-6,8-9,16H,7,10H2,1-2H3,(H,22,27)(H,21,24,25). The Morgan fingerprint density at radius 3 is 2.89 bits per heavy atom. The summed E-state index contributed by atoms with van der Waals surface area (Å²) in [5.74, 6) is 0.490. The highest BCUT2D eigenvalue weighted by molar-refractivity contribution is 6.31. The van der Waals surface area contributed by atoms with E-state index in [1.54, 1.807) is 17.1 Å². The van der Waals surface area contributed by atoms with E-state index in [-0.39, 0.29) is 12.2 Å². The van der Waals surface area contributed by atoms with Gasteiger partial charge in [0.15, 0.2) is 0 Å². The molecule has 0 radical (unpaired) electrons. The van der Waals surface area contributed by atoms with Crippen LogP contribution in [-0.4, -0.2) is 38.5 Å². The molecule has 4 rings (SSSR count). The molecular weight excluding hydrogens is 380 g/mol. The first-order chi connectivity index (χ1) is 13.5. The summed E-state index contributed by atoms with van der Waals surface area (Å²) in [6.07, 6.45) is 4.73. The molecule has 1 amide bonds. The molecule has 2 N–H and O–H groups in total. The van der Waals surface area contributed by atoms with Crippen LogP contribution >= 0.6 is 11.6 Å². The van der Waals surface area contributed by atoms with Crippen molar-refractivity contribution in [3.63, 3.8) is 0 Å². The van der Waals surface area contributed by atoms with Gasteiger partial charge in [0.2, 0.25) is 5.95 Å². The van der Waals surface area contributed by atoms with Crippen LogP contribution in [0.1, 0.15) is 11.3 Å². The van der Waals surface area contributed by atoms with Gasteiger partial charge in [-0.1, -0.05) is 17.7 Å². The number of anilines is 2. The van der Waals surface area contributed by atoms with Gasteiger partial charge in [-0.15, -0.1) is 0 Å². The number of rotatable bonds is 5. The number of amides is 1. The fraction of sp³-hybridized carbons (Fsp3) is 0.263. The quantitative estimate of drug-likeness (QED) is 0.683. The van der Waals surface area contributed by atoms with E-state index in [4.69, 9.17) is 16.3 Å². The minimum atomic E-state index is -0.383. The topological polar surface area (TPSA) is 94.0 Å². The Hall–Kier alpha value is -3.13. The number of benzene rings is 1. The number of halogens is 1. The molecule has 8 nitrogen and oxygen atoms in total. The van der Waals surface area contributed by atoms with E-state index >= 15 is 0 Å². The van der Waals surface area contributed by atoms with E-state index in [1.165, 1.54) is 0 Å². The van der Waals surface area contributed by atoms with E-state index in [9.17, 15) is 4.79 Å². The van der Waals surface area contributed by atoms with Crippen LogP contribution in [0.2, 0.25) is 5.02 Å². The molecule has 2 aromatic heterocycles. The Labute approximate surface area is 166 Å². The fourth-order valence-corrected chi connectivity index (χ4v) is 3.11. The van der Waals surface area contributed by atoms with Gasteiger partial charge >= 0.3 is 6.09 Å². The summed E-state index contributed by atoms with van der Waals surface area (Å²) in [6.45, 7) is 4.86. The minimum Gasteiger partial charge on any atom is -0.442 e. The SMILES string of the molecule is Cc1cc(Nc2ncc(Cl)c(C)n2)cc(-c2cnn(CC3CNC(=O)O3)c2)c1. The average Bonchev–Trinajstić information content (AvgIpc) is 3.27. The second-order valence-corrected chi connectivity index (χ2v) is 7.11. The number of hydrogen-bond acceptors (Lipinski definition) is 6. The Bertz CT molecular complexity index is 1040. The van der Waals surface area contributed by atoms with Crippen LogP contribution in [-0.2, 0) is 11.3 Å². The molecule has 1 saturated heterocycles. The maximum Gasteiger partial charge on any atom is 0.407 e. The molecule has 1 atom stereocenters. The highest BCUT2D eigenvalue weighted by Crippen LogP contribution is 2.26. The average molecular weight is 399 g/mol. The van der Waals surface area contributed by atoms with Crippen molar-refractivity contribution >= 4 is 29.3 Å². The molecule has 0 bridgehead atoms. The van der Waals surface area contributed by atoms with E-state index in [1.807, 2.05) is 32.2 Å². The van der Waals surface area contributed by atoms with Gasteiger partial charge in [0.1, 0.15) is 6.10 Å². The summed E-state index contributed by atoms with van der Waals surface area (Å²) < 4.78 is 6.94. The molecule has 0 aliphatic carbocycles. The van der Waals surface area contributed by atoms with Crippen LogP contribution in [0.25, 0.3) is 11.1 Å². The number of cyclic esters (lactones) is 1. The van der Waals surface area contributed by atoms with Crippen molar-refractivity contribution in [2.75, 3.05) is 11.9 Å². The van der Waals surface area contributed by atoms with E-state index < -0.39 is 0 Å². The molecule has 3 heterocycles. The summed E-state index contributed by atoms with van der Waals surface area (Å²) in [7, 11) is 0. The molecule has 28 heavy (non-hydrogen) atoms. The van der Waals surface area contributed by atoms with Gasteiger partial charge in [-0.3, -0.25) is 4.68 Å². The minimum absolute atomic E-state index is 0.208. The highest BCUT2D eigenvalue weighted by Gasteiger charge is 2.23. The lowest BCUT2D eigenvalue weighted by Gasteiger charge is -2.09. The van der Waals surface area contributed by atoms with Crippen molar-refractivity contribution in [1.82, 2.24) is 25.1 Å². The Balaban J connectivity index is 1.53. The first-order valence-electron chi connectivity index (χ1n) is 8.81. The number of alkyl carbamates (subject to hydrolysis) is 1. The summed E-state index contributed by atoms with van der Waals surface area (Å²) in [5.41, 5.74) is 4.67. The summed E-state index contributed by atoms with van der Waals surface area (Å²) in [5, 5.41) is 10.8. The molecule has 1 unspecified atom stereocenters. The Morgan fingerprint density at radius 2 is 2.14 bits per heavy atom. The van der Waals surface area contributed by atoms with Crippen molar-refractivity contribution < 1.29 is 9.53 Å². The van der Waals surface area contributed by atoms with Crippen molar-refractivity contribution in [1.29, 1.82) is 0 Å². The van der Waals surface area contributed by atoms with Crippen LogP contribution in [0.3, 0.4) is 0 Å². The monoisotopic (exact) mass is 398 g/mol. The van der Waals surface area contributed by atoms with Crippen molar-refractivity contribution in [3.8, 4) is 11.1 Å². The van der Waals surface area contributed by atoms with Crippen LogP contribution in [0, 0.1) is 13.8 Å². The fourth-order valence-electron chi connectivity index (χ4n) is 3.02. The number of aromatic nitrogens is 4. The number of carbonyl (C=O) groups excluding carboxylic acids is 1. The zero-order chi connectivity index (χ0) is 19.7. The molecule has 0 saturated carbocycles. The van der Waals surface area contributed by atoms with E-state index in [2.05, 4.69) is 31.8 Å². The van der Waals surface area contributed by atoms with Crippen molar-refractivity contribution in [2.45, 2.75) is 26.5 Å². The first kappa shape index (κ1) is 18.2. The molecule has 9 heteroatoms. The number of nitrogens with zero attached hydrogens (tertiary/aromatic N) is 4. The molecule has 0 spiro atoms. The molecule has 3 aromatic rings. The number of hydrogen-bond donors (Lipinski definition) is 2. The lowest BCUT2D eigenvalue weighted by molar-refractivity contribution is 0.129. The molecule has 1 aliphatic heterocycles. The van der Waals surface area contributed by atoms with Crippen molar-refractivity contribution in [2.24, 2.45) is 0 Å². The Kier molecular flexibility index (Phi) is 4.87. The van der Waals surface area contributed by atoms with Gasteiger partial charge in [-0.25, -0.2) is 14.8 Å².